The smallest absolute Gasteiger partial charge is 0.240 e. The van der Waals surface area contributed by atoms with Crippen LogP contribution in [-0.2, 0) is 9.53 Å². The van der Waals surface area contributed by atoms with Gasteiger partial charge < -0.3 is 15.2 Å². The van der Waals surface area contributed by atoms with Crippen molar-refractivity contribution >= 4 is 5.91 Å². The molecule has 5 heteroatoms. The molecule has 0 aromatic carbocycles. The molecular weight excluding hydrogens is 196 g/mol. The van der Waals surface area contributed by atoms with Crippen LogP contribution >= 0.6 is 0 Å². The van der Waals surface area contributed by atoms with Crippen LogP contribution in [-0.4, -0.2) is 37.4 Å². The van der Waals surface area contributed by atoms with Gasteiger partial charge in [-0.3, -0.25) is 4.79 Å². The summed E-state index contributed by atoms with van der Waals surface area (Å²) in [5.41, 5.74) is -0.781. The van der Waals surface area contributed by atoms with Crippen LogP contribution in [0, 0.1) is 16.7 Å². The normalized spacial score (nSPS) is 17.6. The van der Waals surface area contributed by atoms with Gasteiger partial charge in [0, 0.05) is 6.54 Å². The number of aliphatic hydroxyl groups is 1. The summed E-state index contributed by atoms with van der Waals surface area (Å²) < 4.78 is 4.98. The van der Waals surface area contributed by atoms with Crippen LogP contribution in [0.1, 0.15) is 19.3 Å². The summed E-state index contributed by atoms with van der Waals surface area (Å²) in [6.07, 6.45) is 2.27. The fourth-order valence-electron chi connectivity index (χ4n) is 1.49. The number of aliphatic hydroxyl groups excluding tert-OH is 1. The fraction of sp³-hybridized carbons (Fsp3) is 0.800. The molecule has 0 radical (unpaired) electrons. The third-order valence-electron chi connectivity index (χ3n) is 2.62. The molecule has 0 aromatic rings. The van der Waals surface area contributed by atoms with Crippen molar-refractivity contribution < 1.29 is 14.6 Å². The predicted molar refractivity (Wildman–Crippen MR) is 52.8 cm³/mol. The van der Waals surface area contributed by atoms with Gasteiger partial charge >= 0.3 is 0 Å². The largest absolute Gasteiger partial charge is 0.394 e. The van der Waals surface area contributed by atoms with Crippen molar-refractivity contribution in [1.29, 1.82) is 5.26 Å². The lowest BCUT2D eigenvalue weighted by Gasteiger charge is -2.33. The Hall–Kier alpha value is -1.12. The topological polar surface area (TPSA) is 82.4 Å². The zero-order valence-corrected chi connectivity index (χ0v) is 8.66. The van der Waals surface area contributed by atoms with Crippen molar-refractivity contribution in [2.45, 2.75) is 19.3 Å². The molecule has 2 N–H and O–H groups in total. The molecule has 1 saturated carbocycles. The standard InChI is InChI=1S/C10H16N2O3/c11-8-10(2-1-3-10)9(14)12-4-6-15-7-5-13/h13H,1-7H2,(H,12,14). The van der Waals surface area contributed by atoms with Gasteiger partial charge in [0.1, 0.15) is 5.41 Å². The fourth-order valence-corrected chi connectivity index (χ4v) is 1.49. The minimum absolute atomic E-state index is 0.0178. The summed E-state index contributed by atoms with van der Waals surface area (Å²) in [5, 5.41) is 20.0. The van der Waals surface area contributed by atoms with E-state index in [0.29, 0.717) is 26.0 Å². The number of nitrogens with zero attached hydrogens (tertiary/aromatic N) is 1. The Bertz CT molecular complexity index is 256. The average Bonchev–Trinajstić information content (AvgIpc) is 2.17. The van der Waals surface area contributed by atoms with Gasteiger partial charge in [0.25, 0.3) is 0 Å². The minimum Gasteiger partial charge on any atom is -0.394 e. The monoisotopic (exact) mass is 212 g/mol. The maximum atomic E-state index is 11.6. The van der Waals surface area contributed by atoms with Crippen molar-refractivity contribution in [3.05, 3.63) is 0 Å². The highest BCUT2D eigenvalue weighted by Crippen LogP contribution is 2.40. The van der Waals surface area contributed by atoms with Crippen LogP contribution in [0.4, 0.5) is 0 Å². The molecule has 84 valence electrons. The van der Waals surface area contributed by atoms with Gasteiger partial charge in [-0.25, -0.2) is 0 Å². The van der Waals surface area contributed by atoms with Gasteiger partial charge in [0.15, 0.2) is 0 Å². The molecule has 0 aromatic heterocycles. The van der Waals surface area contributed by atoms with Gasteiger partial charge in [-0.2, -0.15) is 5.26 Å². The van der Waals surface area contributed by atoms with E-state index in [1.165, 1.54) is 0 Å². The molecular formula is C10H16N2O3. The van der Waals surface area contributed by atoms with Gasteiger partial charge in [-0.1, -0.05) is 0 Å². The Labute approximate surface area is 89.0 Å². The molecule has 1 fully saturated rings. The van der Waals surface area contributed by atoms with E-state index in [1.807, 2.05) is 0 Å². The Morgan fingerprint density at radius 3 is 2.73 bits per heavy atom. The quantitative estimate of drug-likeness (QED) is 0.598. The number of carbonyl (C=O) groups is 1. The van der Waals surface area contributed by atoms with Crippen LogP contribution in [0.3, 0.4) is 0 Å². The lowest BCUT2D eigenvalue weighted by molar-refractivity contribution is -0.132. The maximum absolute atomic E-state index is 11.6. The van der Waals surface area contributed by atoms with Crippen LogP contribution in [0.2, 0.25) is 0 Å². The Kier molecular flexibility index (Phi) is 4.53. The number of ether oxygens (including phenoxy) is 1. The third kappa shape index (κ3) is 2.91. The highest BCUT2D eigenvalue weighted by molar-refractivity contribution is 5.86. The van der Waals surface area contributed by atoms with E-state index in [2.05, 4.69) is 11.4 Å². The number of hydrogen-bond donors (Lipinski definition) is 2. The Morgan fingerprint density at radius 2 is 2.27 bits per heavy atom. The molecule has 0 heterocycles. The summed E-state index contributed by atoms with van der Waals surface area (Å²) in [7, 11) is 0. The minimum atomic E-state index is -0.781. The van der Waals surface area contributed by atoms with Crippen molar-refractivity contribution in [3.63, 3.8) is 0 Å². The molecule has 1 aliphatic carbocycles. The molecule has 5 nitrogen and oxygen atoms in total. The van der Waals surface area contributed by atoms with E-state index in [1.54, 1.807) is 0 Å². The summed E-state index contributed by atoms with van der Waals surface area (Å²) in [6.45, 7) is 1.02. The predicted octanol–water partition coefficient (Wildman–Crippen LogP) is -0.195. The van der Waals surface area contributed by atoms with Crippen molar-refractivity contribution in [2.24, 2.45) is 5.41 Å². The molecule has 0 spiro atoms. The second kappa shape index (κ2) is 5.69. The van der Waals surface area contributed by atoms with Crippen molar-refractivity contribution in [1.82, 2.24) is 5.32 Å². The number of nitrogens with one attached hydrogen (secondary N) is 1. The number of carbonyl (C=O) groups excluding carboxylic acids is 1. The van der Waals surface area contributed by atoms with Gasteiger partial charge in [-0.05, 0) is 19.3 Å². The van der Waals surface area contributed by atoms with E-state index < -0.39 is 5.41 Å². The summed E-state index contributed by atoms with van der Waals surface area (Å²) in [4.78, 5) is 11.6. The maximum Gasteiger partial charge on any atom is 0.240 e. The first-order valence-corrected chi connectivity index (χ1v) is 5.13. The van der Waals surface area contributed by atoms with Gasteiger partial charge in [0.2, 0.25) is 5.91 Å². The molecule has 1 amide bonds. The van der Waals surface area contributed by atoms with Crippen LogP contribution < -0.4 is 5.32 Å². The van der Waals surface area contributed by atoms with E-state index in [-0.39, 0.29) is 19.1 Å². The molecule has 15 heavy (non-hydrogen) atoms. The van der Waals surface area contributed by atoms with Crippen molar-refractivity contribution in [3.8, 4) is 6.07 Å². The van der Waals surface area contributed by atoms with Crippen LogP contribution in [0.25, 0.3) is 0 Å². The Morgan fingerprint density at radius 1 is 1.53 bits per heavy atom. The first kappa shape index (κ1) is 12.0. The molecule has 0 bridgehead atoms. The summed E-state index contributed by atoms with van der Waals surface area (Å²) >= 11 is 0. The first-order valence-electron chi connectivity index (χ1n) is 5.13. The number of rotatable bonds is 6. The molecule has 1 rings (SSSR count). The lowest BCUT2D eigenvalue weighted by atomic mass is 9.69. The Balaban J connectivity index is 2.16. The molecule has 0 aliphatic heterocycles. The van der Waals surface area contributed by atoms with E-state index in [9.17, 15) is 4.79 Å². The number of nitriles is 1. The van der Waals surface area contributed by atoms with Gasteiger partial charge in [0.05, 0.1) is 25.9 Å². The number of hydrogen-bond acceptors (Lipinski definition) is 4. The average molecular weight is 212 g/mol. The third-order valence-corrected chi connectivity index (χ3v) is 2.62. The van der Waals surface area contributed by atoms with Crippen molar-refractivity contribution in [2.75, 3.05) is 26.4 Å². The number of amides is 1. The summed E-state index contributed by atoms with van der Waals surface area (Å²) in [6, 6.07) is 2.07. The zero-order valence-electron chi connectivity index (χ0n) is 8.66. The molecule has 0 saturated heterocycles. The molecule has 0 atom stereocenters. The highest BCUT2D eigenvalue weighted by Gasteiger charge is 2.44. The highest BCUT2D eigenvalue weighted by atomic mass is 16.5. The van der Waals surface area contributed by atoms with Crippen LogP contribution in [0.15, 0.2) is 0 Å². The lowest BCUT2D eigenvalue weighted by Crippen LogP contribution is -2.45. The molecule has 1 aliphatic rings. The van der Waals surface area contributed by atoms with E-state index >= 15 is 0 Å². The van der Waals surface area contributed by atoms with Gasteiger partial charge in [-0.15, -0.1) is 0 Å². The second-order valence-electron chi connectivity index (χ2n) is 3.64. The first-order chi connectivity index (χ1) is 7.25. The van der Waals surface area contributed by atoms with E-state index in [0.717, 1.165) is 6.42 Å². The van der Waals surface area contributed by atoms with E-state index in [4.69, 9.17) is 15.1 Å². The zero-order chi connectivity index (χ0) is 11.1. The second-order valence-corrected chi connectivity index (χ2v) is 3.64. The summed E-state index contributed by atoms with van der Waals surface area (Å²) in [5.74, 6) is -0.191. The SMILES string of the molecule is N#CC1(C(=O)NCCOCCO)CCC1. The molecule has 0 unspecified atom stereocenters. The van der Waals surface area contributed by atoms with Crippen LogP contribution in [0.5, 0.6) is 0 Å².